The highest BCUT2D eigenvalue weighted by Gasteiger charge is 2.23. The maximum absolute atomic E-state index is 12.5. The Labute approximate surface area is 220 Å². The largest absolute Gasteiger partial charge is 0.480 e. The lowest BCUT2D eigenvalue weighted by Crippen LogP contribution is -2.49. The highest BCUT2D eigenvalue weighted by atomic mass is 16.6. The molecule has 37 heavy (non-hydrogen) atoms. The molecule has 1 aliphatic rings. The normalized spacial score (nSPS) is 18.4. The molecule has 0 aromatic heterocycles. The molecule has 0 amide bonds. The monoisotopic (exact) mass is 530 g/mol. The molecule has 12 nitrogen and oxygen atoms in total. The molecule has 1 fully saturated rings. The summed E-state index contributed by atoms with van der Waals surface area (Å²) in [6, 6.07) is 0. The zero-order valence-electron chi connectivity index (χ0n) is 23.3. The first kappa shape index (κ1) is 32.7. The molecule has 214 valence electrons. The van der Waals surface area contributed by atoms with Crippen LogP contribution in [0.2, 0.25) is 0 Å². The topological polar surface area (TPSA) is 140 Å². The third-order valence-corrected chi connectivity index (χ3v) is 5.47. The van der Waals surface area contributed by atoms with Crippen molar-refractivity contribution in [2.45, 2.75) is 59.2 Å². The lowest BCUT2D eigenvalue weighted by atomic mass is 10.2. The van der Waals surface area contributed by atoms with Crippen LogP contribution in [0.1, 0.15) is 48.0 Å². The summed E-state index contributed by atoms with van der Waals surface area (Å²) in [5.41, 5.74) is -1.21. The van der Waals surface area contributed by atoms with Crippen molar-refractivity contribution >= 4 is 23.9 Å². The van der Waals surface area contributed by atoms with Gasteiger partial charge >= 0.3 is 23.9 Å². The number of carboxylic acids is 2. The van der Waals surface area contributed by atoms with Gasteiger partial charge < -0.3 is 24.6 Å². The molecule has 0 atom stereocenters. The Morgan fingerprint density at radius 2 is 0.892 bits per heavy atom. The summed E-state index contributed by atoms with van der Waals surface area (Å²) in [5, 5.41) is 18.8. The van der Waals surface area contributed by atoms with E-state index in [1.807, 2.05) is 19.6 Å². The van der Waals surface area contributed by atoms with Crippen molar-refractivity contribution in [1.82, 2.24) is 19.6 Å². The van der Waals surface area contributed by atoms with Crippen LogP contribution in [-0.2, 0) is 28.7 Å². The number of rotatable bonds is 9. The van der Waals surface area contributed by atoms with Crippen molar-refractivity contribution in [2.24, 2.45) is 0 Å². The Morgan fingerprint density at radius 1 is 0.568 bits per heavy atom. The van der Waals surface area contributed by atoms with Crippen LogP contribution in [0.25, 0.3) is 0 Å². The van der Waals surface area contributed by atoms with E-state index in [-0.39, 0.29) is 38.0 Å². The van der Waals surface area contributed by atoms with E-state index >= 15 is 0 Å². The van der Waals surface area contributed by atoms with E-state index in [4.69, 9.17) is 9.47 Å². The minimum atomic E-state index is -0.946. The Balaban J connectivity index is 2.97. The third kappa shape index (κ3) is 17.0. The van der Waals surface area contributed by atoms with Crippen molar-refractivity contribution in [3.05, 3.63) is 0 Å². The summed E-state index contributed by atoms with van der Waals surface area (Å²) in [5.74, 6) is -2.60. The molecule has 2 N–H and O–H groups in total. The number of hydrogen-bond acceptors (Lipinski definition) is 10. The molecule has 1 aliphatic heterocycles. The Hall–Kier alpha value is -2.28. The zero-order chi connectivity index (χ0) is 28.2. The zero-order valence-corrected chi connectivity index (χ0v) is 23.3. The summed E-state index contributed by atoms with van der Waals surface area (Å²) < 4.78 is 10.8. The maximum atomic E-state index is 12.5. The van der Waals surface area contributed by atoms with Crippen molar-refractivity contribution in [1.29, 1.82) is 0 Å². The van der Waals surface area contributed by atoms with Crippen molar-refractivity contribution in [3.63, 3.8) is 0 Å². The van der Waals surface area contributed by atoms with Crippen molar-refractivity contribution in [3.8, 4) is 0 Å². The SMILES string of the molecule is CC(C)(C)OC(=O)CCN1CCN(CC(=O)O)CCN(CC(=O)OC(C)(C)C)CCN(CC(=O)O)CC1. The molecule has 0 aromatic rings. The second-order valence-corrected chi connectivity index (χ2v) is 11.4. The van der Waals surface area contributed by atoms with E-state index in [2.05, 4.69) is 0 Å². The molecular weight excluding hydrogens is 484 g/mol. The summed E-state index contributed by atoms with van der Waals surface area (Å²) in [6.07, 6.45) is 0.179. The minimum Gasteiger partial charge on any atom is -0.480 e. The average molecular weight is 531 g/mol. The van der Waals surface area contributed by atoms with E-state index in [0.717, 1.165) is 0 Å². The van der Waals surface area contributed by atoms with Gasteiger partial charge in [0.25, 0.3) is 0 Å². The minimum absolute atomic E-state index is 0.0289. The first-order valence-corrected chi connectivity index (χ1v) is 12.8. The number of esters is 2. The fourth-order valence-electron chi connectivity index (χ4n) is 3.86. The van der Waals surface area contributed by atoms with E-state index in [1.165, 1.54) is 0 Å². The van der Waals surface area contributed by atoms with Gasteiger partial charge in [0.2, 0.25) is 0 Å². The lowest BCUT2D eigenvalue weighted by Gasteiger charge is -2.33. The van der Waals surface area contributed by atoms with Crippen molar-refractivity contribution in [2.75, 3.05) is 78.5 Å². The highest BCUT2D eigenvalue weighted by Crippen LogP contribution is 2.10. The second kappa shape index (κ2) is 15.2. The number of ether oxygens (including phenoxy) is 2. The third-order valence-electron chi connectivity index (χ3n) is 5.47. The van der Waals surface area contributed by atoms with Gasteiger partial charge in [-0.05, 0) is 41.5 Å². The fourth-order valence-corrected chi connectivity index (χ4v) is 3.86. The van der Waals surface area contributed by atoms with Crippen LogP contribution in [0.5, 0.6) is 0 Å². The van der Waals surface area contributed by atoms with E-state index in [0.29, 0.717) is 58.9 Å². The van der Waals surface area contributed by atoms with Crippen molar-refractivity contribution < 1.29 is 38.9 Å². The Morgan fingerprint density at radius 3 is 1.24 bits per heavy atom. The quantitative estimate of drug-likeness (QED) is 0.400. The molecule has 12 heteroatoms. The number of carboxylic acid groups (broad SMARTS) is 2. The first-order chi connectivity index (χ1) is 17.0. The van der Waals surface area contributed by atoms with Gasteiger partial charge in [0.15, 0.2) is 0 Å². The Kier molecular flexibility index (Phi) is 13.5. The molecule has 0 aliphatic carbocycles. The van der Waals surface area contributed by atoms with Gasteiger partial charge in [-0.3, -0.25) is 33.9 Å². The first-order valence-electron chi connectivity index (χ1n) is 12.8. The van der Waals surface area contributed by atoms with Crippen LogP contribution in [0, 0.1) is 0 Å². The van der Waals surface area contributed by atoms with E-state index in [9.17, 15) is 29.4 Å². The van der Waals surface area contributed by atoms with E-state index < -0.39 is 23.1 Å². The second-order valence-electron chi connectivity index (χ2n) is 11.4. The number of aliphatic carboxylic acids is 2. The van der Waals surface area contributed by atoms with Gasteiger partial charge in [-0.2, -0.15) is 0 Å². The molecule has 0 bridgehead atoms. The predicted molar refractivity (Wildman–Crippen MR) is 137 cm³/mol. The highest BCUT2D eigenvalue weighted by molar-refractivity contribution is 5.72. The average Bonchev–Trinajstić information content (AvgIpc) is 2.69. The van der Waals surface area contributed by atoms with Gasteiger partial charge in [0, 0.05) is 58.9 Å². The summed E-state index contributed by atoms with van der Waals surface area (Å²) in [4.78, 5) is 55.2. The molecule has 1 heterocycles. The van der Waals surface area contributed by atoms with Gasteiger partial charge in [-0.15, -0.1) is 0 Å². The lowest BCUT2D eigenvalue weighted by molar-refractivity contribution is -0.157. The molecule has 1 rings (SSSR count). The van der Waals surface area contributed by atoms with Gasteiger partial charge in [0.1, 0.15) is 11.2 Å². The smallest absolute Gasteiger partial charge is 0.320 e. The molecule has 1 saturated heterocycles. The number of hydrogen-bond donors (Lipinski definition) is 2. The predicted octanol–water partition coefficient (Wildman–Crippen LogP) is 0.451. The fraction of sp³-hybridized carbons (Fsp3) is 0.840. The van der Waals surface area contributed by atoms with Gasteiger partial charge in [-0.25, -0.2) is 0 Å². The van der Waals surface area contributed by atoms with Gasteiger partial charge in [0.05, 0.1) is 26.1 Å². The number of carbonyl (C=O) groups excluding carboxylic acids is 2. The number of nitrogens with zero attached hydrogens (tertiary/aromatic N) is 4. The number of carbonyl (C=O) groups is 4. The maximum Gasteiger partial charge on any atom is 0.320 e. The molecule has 0 unspecified atom stereocenters. The van der Waals surface area contributed by atoms with Crippen LogP contribution < -0.4 is 0 Å². The van der Waals surface area contributed by atoms with Crippen LogP contribution in [0.15, 0.2) is 0 Å². The summed E-state index contributed by atoms with van der Waals surface area (Å²) >= 11 is 0. The summed E-state index contributed by atoms with van der Waals surface area (Å²) in [6.45, 7) is 14.5. The molecule has 0 radical (unpaired) electrons. The molecule has 0 aromatic carbocycles. The molecular formula is C25H46N4O8. The molecule has 0 saturated carbocycles. The Bertz CT molecular complexity index is 731. The van der Waals surface area contributed by atoms with E-state index in [1.54, 1.807) is 41.5 Å². The standard InChI is InChI=1S/C25H46N4O8/c1-24(2,3)36-22(34)7-8-26-9-11-27(17-20(30)31)13-15-29(19-23(35)37-25(4,5)6)16-14-28(12-10-26)18-21(32)33/h7-19H2,1-6H3,(H,30,31)(H,32,33). The van der Waals surface area contributed by atoms with Crippen LogP contribution in [-0.4, -0.2) is 143 Å². The summed E-state index contributed by atoms with van der Waals surface area (Å²) in [7, 11) is 0. The molecule has 0 spiro atoms. The van der Waals surface area contributed by atoms with Crippen LogP contribution >= 0.6 is 0 Å². The van der Waals surface area contributed by atoms with Gasteiger partial charge in [-0.1, -0.05) is 0 Å². The van der Waals surface area contributed by atoms with Crippen LogP contribution in [0.3, 0.4) is 0 Å². The van der Waals surface area contributed by atoms with Crippen LogP contribution in [0.4, 0.5) is 0 Å².